The van der Waals surface area contributed by atoms with Gasteiger partial charge in [-0.25, -0.2) is 0 Å². The van der Waals surface area contributed by atoms with Gasteiger partial charge in [0.2, 0.25) is 0 Å². The van der Waals surface area contributed by atoms with Crippen LogP contribution >= 0.6 is 0 Å². The third kappa shape index (κ3) is 10.3. The van der Waals surface area contributed by atoms with Gasteiger partial charge in [0.1, 0.15) is 22.3 Å². The molecule has 0 amide bonds. The average molecular weight is 1510 g/mol. The highest BCUT2D eigenvalue weighted by Crippen LogP contribution is 2.53. The van der Waals surface area contributed by atoms with Crippen molar-refractivity contribution >= 4 is 152 Å². The van der Waals surface area contributed by atoms with Gasteiger partial charge in [0.15, 0.2) is 0 Å². The van der Waals surface area contributed by atoms with E-state index in [4.69, 9.17) is 22.5 Å². The Morgan fingerprint density at radius 3 is 0.975 bits per heavy atom. The van der Waals surface area contributed by atoms with Crippen LogP contribution in [-0.2, 0) is 0 Å². The molecule has 4 aromatic heterocycles. The summed E-state index contributed by atoms with van der Waals surface area (Å²) in [5.74, 6) is 0. The van der Waals surface area contributed by atoms with Crippen LogP contribution in [0.4, 0.5) is 0 Å². The molecule has 0 fully saturated rings. The molecule has 0 radical (unpaired) electrons. The van der Waals surface area contributed by atoms with Crippen LogP contribution in [0.1, 0.15) is 13.7 Å². The lowest BCUT2D eigenvalue weighted by Crippen LogP contribution is -1.99. The summed E-state index contributed by atoms with van der Waals surface area (Å²) in [5.41, 5.74) is 22.2. The predicted molar refractivity (Wildman–Crippen MR) is 499 cm³/mol. The molecule has 0 aliphatic carbocycles. The van der Waals surface area contributed by atoms with Crippen LogP contribution in [0.3, 0.4) is 0 Å². The zero-order valence-electron chi connectivity index (χ0n) is 73.4. The van der Waals surface area contributed by atoms with E-state index in [1.165, 1.54) is 21.5 Å². The van der Waals surface area contributed by atoms with Crippen LogP contribution in [0.15, 0.2) is 433 Å². The lowest BCUT2D eigenvalue weighted by Gasteiger charge is -2.21. The van der Waals surface area contributed by atoms with Crippen molar-refractivity contribution in [1.29, 1.82) is 0 Å². The second-order valence-electron chi connectivity index (χ2n) is 30.3. The average Bonchev–Trinajstić information content (AvgIpc) is 1.35. The number of aromatic nitrogens is 2. The van der Waals surface area contributed by atoms with Crippen molar-refractivity contribution in [3.05, 3.63) is 424 Å². The molecule has 21 aromatic carbocycles. The normalized spacial score (nSPS) is 13.1. The molecule has 25 rings (SSSR count). The van der Waals surface area contributed by atoms with Gasteiger partial charge < -0.3 is 18.0 Å². The van der Waals surface area contributed by atoms with Gasteiger partial charge in [-0.15, -0.1) is 0 Å². The Morgan fingerprint density at radius 1 is 0.186 bits per heavy atom. The number of rotatable bonds is 9. The predicted octanol–water partition coefficient (Wildman–Crippen LogP) is 32.0. The summed E-state index contributed by atoms with van der Waals surface area (Å²) < 4.78 is 105. The van der Waals surface area contributed by atoms with Gasteiger partial charge in [0.05, 0.1) is 46.8 Å². The molecule has 0 bridgehead atoms. The van der Waals surface area contributed by atoms with E-state index < -0.39 is 12.1 Å². The first-order valence-corrected chi connectivity index (χ1v) is 39.8. The van der Waals surface area contributed by atoms with Crippen LogP contribution in [0, 0.1) is 0 Å². The minimum absolute atomic E-state index is 0.197. The van der Waals surface area contributed by atoms with E-state index in [1.54, 1.807) is 0 Å². The van der Waals surface area contributed by atoms with Crippen molar-refractivity contribution in [3.8, 4) is 89.3 Å². The summed E-state index contributed by atoms with van der Waals surface area (Å²) in [6, 6.07) is 124. The van der Waals surface area contributed by atoms with Crippen molar-refractivity contribution in [3.63, 3.8) is 0 Å². The Hall–Kier alpha value is -15.6. The maximum Gasteiger partial charge on any atom is 0.137 e. The minimum Gasteiger partial charge on any atom is -0.456 e. The number of hydrogen-bond acceptors (Lipinski definition) is 2. The number of benzene rings is 21. The molecule has 0 aliphatic rings. The summed E-state index contributed by atoms with van der Waals surface area (Å²) in [4.78, 5) is 0. The first-order chi connectivity index (χ1) is 62.8. The van der Waals surface area contributed by atoms with Gasteiger partial charge >= 0.3 is 0 Å². The zero-order valence-corrected chi connectivity index (χ0v) is 63.4. The Kier molecular flexibility index (Phi) is 13.2. The quantitative estimate of drug-likeness (QED) is 0.135. The maximum atomic E-state index is 9.05. The Balaban J connectivity index is 0.000000143. The fourth-order valence-corrected chi connectivity index (χ4v) is 19.4. The van der Waals surface area contributed by atoms with Gasteiger partial charge in [-0.2, -0.15) is 0 Å². The molecule has 0 spiro atoms. The number of nitrogens with zero attached hydrogens (tertiary/aromatic N) is 2. The fraction of sp³-hybridized carbons (Fsp3) is 0. The van der Waals surface area contributed by atoms with E-state index in [9.17, 15) is 0 Å². The summed E-state index contributed by atoms with van der Waals surface area (Å²) in [6.45, 7) is 0. The van der Waals surface area contributed by atoms with Crippen LogP contribution in [0.5, 0.6) is 0 Å². The topological polar surface area (TPSA) is 36.1 Å². The molecule has 4 heterocycles. The van der Waals surface area contributed by atoms with E-state index in [2.05, 4.69) is 276 Å². The third-order valence-corrected chi connectivity index (χ3v) is 24.2. The first kappa shape index (κ1) is 57.4. The zero-order chi connectivity index (χ0) is 86.2. The van der Waals surface area contributed by atoms with Crippen molar-refractivity contribution in [2.24, 2.45) is 0 Å². The van der Waals surface area contributed by atoms with Crippen LogP contribution in [-0.4, -0.2) is 9.13 Å². The summed E-state index contributed by atoms with van der Waals surface area (Å²) in [7, 11) is 0. The monoisotopic (exact) mass is 1510 g/mol. The molecule has 0 saturated carbocycles. The summed E-state index contributed by atoms with van der Waals surface area (Å²) in [5, 5.41) is 20.2. The van der Waals surface area contributed by atoms with Crippen molar-refractivity contribution in [2.45, 2.75) is 0 Å². The Morgan fingerprint density at radius 2 is 0.508 bits per heavy atom. The second kappa shape index (κ2) is 27.0. The standard InChI is InChI=1S/C60H37NO.C54H33NO/c1-3-17-38(18-4-1)57-45-24-9-11-26-47(45)59(48-27-12-10-25-46(48)57)50-33-32-43(41-21-7-8-22-42(41)50)49-34-36-56-60(51-28-14-16-30-55(51)62-56)58(49)39-31-35-54-52(37-39)44-23-13-15-29-53(44)61(54)40-19-5-2-6-20-40;1-2-16-34(17-3-1)51-40-22-6-8-24-42(40)52(43-25-9-7-23-41(43)51)44-31-30-37(35-18-4-5-19-36(35)44)45-32-33-50-53(46-26-12-15-29-49(46)56-50)54(45)55-47-27-13-10-20-38(47)39-21-11-14-28-48(39)55/h1-37H;1-33H/i1D,3D,4D,17D,18D;1D,2D,3D,16D,17D. The summed E-state index contributed by atoms with van der Waals surface area (Å²) in [6.07, 6.45) is 0. The third-order valence-electron chi connectivity index (χ3n) is 24.2. The number of fused-ring (bicyclic) bond motifs is 18. The maximum absolute atomic E-state index is 9.05. The first-order valence-electron chi connectivity index (χ1n) is 44.8. The van der Waals surface area contributed by atoms with Crippen LogP contribution in [0.25, 0.3) is 241 Å². The lowest BCUT2D eigenvalue weighted by molar-refractivity contribution is 0.668. The highest BCUT2D eigenvalue weighted by molar-refractivity contribution is 6.28. The number of hydrogen-bond donors (Lipinski definition) is 0. The van der Waals surface area contributed by atoms with Crippen LogP contribution in [0.2, 0.25) is 0 Å². The molecule has 0 aliphatic heterocycles. The van der Waals surface area contributed by atoms with Gasteiger partial charge in [-0.3, -0.25) is 0 Å². The Labute approximate surface area is 693 Å². The van der Waals surface area contributed by atoms with E-state index in [0.29, 0.717) is 11.1 Å². The molecule has 548 valence electrons. The van der Waals surface area contributed by atoms with Crippen molar-refractivity contribution in [2.75, 3.05) is 0 Å². The van der Waals surface area contributed by atoms with Gasteiger partial charge in [-0.1, -0.05) is 346 Å². The van der Waals surface area contributed by atoms with Crippen molar-refractivity contribution in [1.82, 2.24) is 9.13 Å². The van der Waals surface area contributed by atoms with Crippen LogP contribution < -0.4 is 0 Å². The van der Waals surface area contributed by atoms with E-state index in [1.807, 2.05) is 97.1 Å². The highest BCUT2D eigenvalue weighted by atomic mass is 16.3. The van der Waals surface area contributed by atoms with E-state index in [0.717, 1.165) is 198 Å². The summed E-state index contributed by atoms with van der Waals surface area (Å²) >= 11 is 0. The molecule has 0 unspecified atom stereocenters. The molecule has 118 heavy (non-hydrogen) atoms. The molecular formula is C114H70N2O2. The van der Waals surface area contributed by atoms with E-state index >= 15 is 0 Å². The van der Waals surface area contributed by atoms with Gasteiger partial charge in [0.25, 0.3) is 0 Å². The Bertz CT molecular complexity index is 8890. The molecule has 25 aromatic rings. The number of furan rings is 2. The molecule has 0 saturated heterocycles. The molecule has 4 nitrogen and oxygen atoms in total. The van der Waals surface area contributed by atoms with E-state index in [-0.39, 0.29) is 59.5 Å². The highest BCUT2D eigenvalue weighted by Gasteiger charge is 2.28. The largest absolute Gasteiger partial charge is 0.456 e. The molecular weight excluding hydrogens is 1430 g/mol. The molecule has 4 heteroatoms. The SMILES string of the molecule is [2H]c1c([2H])c([2H])c(-c2c3ccccc3c(-c3ccc(-c4ccc5oc6ccccc6c5c4-c4ccc5c(c4)c4ccccc4n5-c4ccccc4)c4ccccc34)c3ccccc23)c([2H])c1[2H].[2H]c1c([2H])c([2H])c(-c2c3ccccc3c(-c3ccc(-c4ccc5oc6ccccc6c5c4-n4c5ccccc5c5ccccc54)c4ccccc34)c3ccccc23)c([2H])c1[2H]. The second-order valence-corrected chi connectivity index (χ2v) is 30.3. The molecule has 0 atom stereocenters. The minimum atomic E-state index is -0.407. The fourth-order valence-electron chi connectivity index (χ4n) is 19.4. The van der Waals surface area contributed by atoms with Crippen molar-refractivity contribution < 1.29 is 22.5 Å². The molecule has 0 N–H and O–H groups in total. The lowest BCUT2D eigenvalue weighted by atomic mass is 9.83. The van der Waals surface area contributed by atoms with Gasteiger partial charge in [0, 0.05) is 54.5 Å². The van der Waals surface area contributed by atoms with Gasteiger partial charge in [-0.05, 0) is 210 Å². The number of para-hydroxylation sites is 6. The smallest absolute Gasteiger partial charge is 0.137 e.